The highest BCUT2D eigenvalue weighted by atomic mass is 19.1. The number of ether oxygens (including phenoxy) is 1. The van der Waals surface area contributed by atoms with Crippen molar-refractivity contribution < 1.29 is 9.13 Å². The molecule has 1 heterocycles. The summed E-state index contributed by atoms with van der Waals surface area (Å²) in [6.45, 7) is 0.832. The molecule has 0 aliphatic rings. The summed E-state index contributed by atoms with van der Waals surface area (Å²) in [5.74, 6) is 1.56. The second kappa shape index (κ2) is 6.07. The summed E-state index contributed by atoms with van der Waals surface area (Å²) < 4.78 is 18.2. The average molecular weight is 247 g/mol. The van der Waals surface area contributed by atoms with Gasteiger partial charge in [-0.3, -0.25) is 0 Å². The Morgan fingerprint density at radius 3 is 2.39 bits per heavy atom. The molecule has 0 fully saturated rings. The molecule has 4 nitrogen and oxygen atoms in total. The number of nitrogens with one attached hydrogen (secondary N) is 1. The maximum Gasteiger partial charge on any atom is 0.164 e. The maximum absolute atomic E-state index is 12.7. The molecule has 0 aliphatic carbocycles. The Labute approximate surface area is 105 Å². The van der Waals surface area contributed by atoms with Gasteiger partial charge in [-0.05, 0) is 31.3 Å². The summed E-state index contributed by atoms with van der Waals surface area (Å²) in [4.78, 5) is 8.36. The number of halogens is 1. The Balaban J connectivity index is 1.99. The third kappa shape index (κ3) is 3.49. The van der Waals surface area contributed by atoms with Crippen LogP contribution >= 0.6 is 0 Å². The maximum atomic E-state index is 12.7. The van der Waals surface area contributed by atoms with Crippen molar-refractivity contribution in [2.24, 2.45) is 0 Å². The van der Waals surface area contributed by atoms with Crippen LogP contribution in [0, 0.1) is 5.82 Å². The topological polar surface area (TPSA) is 47.0 Å². The summed E-state index contributed by atoms with van der Waals surface area (Å²) in [5, 5.41) is 3.03. The van der Waals surface area contributed by atoms with Crippen molar-refractivity contribution in [3.8, 4) is 11.5 Å². The Morgan fingerprint density at radius 1 is 1.11 bits per heavy atom. The molecule has 94 valence electrons. The van der Waals surface area contributed by atoms with E-state index in [1.165, 1.54) is 12.1 Å². The van der Waals surface area contributed by atoms with Crippen LogP contribution in [0.15, 0.2) is 36.7 Å². The molecule has 2 aromatic rings. The number of nitrogens with zero attached hydrogens (tertiary/aromatic N) is 2. The molecular formula is C13H14FN3O. The molecule has 1 aromatic carbocycles. The molecule has 1 aromatic heterocycles. The smallest absolute Gasteiger partial charge is 0.164 e. The summed E-state index contributed by atoms with van der Waals surface area (Å²) in [5.41, 5.74) is 0. The SMILES string of the molecule is CNCCc1ncc(Oc2ccc(F)cc2)cn1. The molecule has 0 aliphatic heterocycles. The fourth-order valence-electron chi connectivity index (χ4n) is 1.40. The first-order chi connectivity index (χ1) is 8.78. The van der Waals surface area contributed by atoms with Crippen molar-refractivity contribution in [3.05, 3.63) is 48.3 Å². The molecule has 0 bridgehead atoms. The van der Waals surface area contributed by atoms with Crippen LogP contribution < -0.4 is 10.1 Å². The molecule has 0 saturated heterocycles. The first-order valence-electron chi connectivity index (χ1n) is 5.67. The number of hydrogen-bond acceptors (Lipinski definition) is 4. The van der Waals surface area contributed by atoms with Crippen LogP contribution in [-0.4, -0.2) is 23.6 Å². The molecular weight excluding hydrogens is 233 g/mol. The van der Waals surface area contributed by atoms with E-state index in [0.717, 1.165) is 18.8 Å². The van der Waals surface area contributed by atoms with E-state index in [1.807, 2.05) is 7.05 Å². The number of benzene rings is 1. The Hall–Kier alpha value is -2.01. The van der Waals surface area contributed by atoms with Crippen LogP contribution in [0.25, 0.3) is 0 Å². The number of hydrogen-bond donors (Lipinski definition) is 1. The molecule has 0 saturated carbocycles. The van der Waals surface area contributed by atoms with Gasteiger partial charge in [0.2, 0.25) is 0 Å². The summed E-state index contributed by atoms with van der Waals surface area (Å²) in [6.07, 6.45) is 4.00. The lowest BCUT2D eigenvalue weighted by Gasteiger charge is -2.05. The van der Waals surface area contributed by atoms with Crippen molar-refractivity contribution >= 4 is 0 Å². The van der Waals surface area contributed by atoms with E-state index in [2.05, 4.69) is 15.3 Å². The van der Waals surface area contributed by atoms with E-state index in [1.54, 1.807) is 24.5 Å². The van der Waals surface area contributed by atoms with Crippen molar-refractivity contribution in [1.82, 2.24) is 15.3 Å². The van der Waals surface area contributed by atoms with Crippen molar-refractivity contribution in [2.45, 2.75) is 6.42 Å². The van der Waals surface area contributed by atoms with Crippen molar-refractivity contribution in [1.29, 1.82) is 0 Å². The normalized spacial score (nSPS) is 10.3. The van der Waals surface area contributed by atoms with Crippen molar-refractivity contribution in [3.63, 3.8) is 0 Å². The molecule has 0 amide bonds. The van der Waals surface area contributed by atoms with E-state index in [4.69, 9.17) is 4.74 Å². The first kappa shape index (κ1) is 12.4. The molecule has 0 atom stereocenters. The van der Waals surface area contributed by atoms with Crippen molar-refractivity contribution in [2.75, 3.05) is 13.6 Å². The van der Waals surface area contributed by atoms with Crippen LogP contribution in [0.4, 0.5) is 4.39 Å². The number of rotatable bonds is 5. The Bertz CT molecular complexity index is 485. The van der Waals surface area contributed by atoms with Gasteiger partial charge in [-0.2, -0.15) is 0 Å². The number of likely N-dealkylation sites (N-methyl/N-ethyl adjacent to an activating group) is 1. The minimum Gasteiger partial charge on any atom is -0.454 e. The van der Waals surface area contributed by atoms with Gasteiger partial charge in [0, 0.05) is 13.0 Å². The highest BCUT2D eigenvalue weighted by molar-refractivity contribution is 5.28. The predicted octanol–water partition coefficient (Wildman–Crippen LogP) is 2.17. The van der Waals surface area contributed by atoms with E-state index in [9.17, 15) is 4.39 Å². The Kier molecular flexibility index (Phi) is 4.20. The van der Waals surface area contributed by atoms with Gasteiger partial charge in [-0.25, -0.2) is 14.4 Å². The Morgan fingerprint density at radius 2 is 1.78 bits per heavy atom. The molecule has 2 rings (SSSR count). The largest absolute Gasteiger partial charge is 0.454 e. The van der Waals surface area contributed by atoms with Gasteiger partial charge >= 0.3 is 0 Å². The van der Waals surface area contributed by atoms with Crippen LogP contribution in [0.3, 0.4) is 0 Å². The van der Waals surface area contributed by atoms with Gasteiger partial charge in [0.15, 0.2) is 5.75 Å². The fourth-order valence-corrected chi connectivity index (χ4v) is 1.40. The number of aromatic nitrogens is 2. The van der Waals surface area contributed by atoms with E-state index >= 15 is 0 Å². The second-order valence-electron chi connectivity index (χ2n) is 3.74. The van der Waals surface area contributed by atoms with E-state index in [0.29, 0.717) is 11.5 Å². The van der Waals surface area contributed by atoms with Gasteiger partial charge < -0.3 is 10.1 Å². The zero-order valence-corrected chi connectivity index (χ0v) is 10.1. The first-order valence-corrected chi connectivity index (χ1v) is 5.67. The molecule has 0 unspecified atom stereocenters. The summed E-state index contributed by atoms with van der Waals surface area (Å²) in [7, 11) is 1.88. The standard InChI is InChI=1S/C13H14FN3O/c1-15-7-6-13-16-8-12(9-17-13)18-11-4-2-10(14)3-5-11/h2-5,8-9,15H,6-7H2,1H3. The van der Waals surface area contributed by atoms with Crippen LogP contribution in [-0.2, 0) is 6.42 Å². The fraction of sp³-hybridized carbons (Fsp3) is 0.231. The lowest BCUT2D eigenvalue weighted by molar-refractivity contribution is 0.474. The van der Waals surface area contributed by atoms with Gasteiger partial charge in [-0.15, -0.1) is 0 Å². The summed E-state index contributed by atoms with van der Waals surface area (Å²) >= 11 is 0. The van der Waals surface area contributed by atoms with Gasteiger partial charge in [0.1, 0.15) is 17.4 Å². The molecule has 18 heavy (non-hydrogen) atoms. The third-order valence-corrected chi connectivity index (χ3v) is 2.33. The molecule has 0 spiro atoms. The zero-order valence-electron chi connectivity index (χ0n) is 10.1. The zero-order chi connectivity index (χ0) is 12.8. The lowest BCUT2D eigenvalue weighted by atomic mass is 10.3. The van der Waals surface area contributed by atoms with Crippen LogP contribution in [0.2, 0.25) is 0 Å². The van der Waals surface area contributed by atoms with E-state index < -0.39 is 0 Å². The molecule has 1 N–H and O–H groups in total. The minimum absolute atomic E-state index is 0.291. The quantitative estimate of drug-likeness (QED) is 0.879. The highest BCUT2D eigenvalue weighted by Crippen LogP contribution is 2.19. The third-order valence-electron chi connectivity index (χ3n) is 2.33. The average Bonchev–Trinajstić information content (AvgIpc) is 2.41. The van der Waals surface area contributed by atoms with Crippen LogP contribution in [0.1, 0.15) is 5.82 Å². The second-order valence-corrected chi connectivity index (χ2v) is 3.74. The highest BCUT2D eigenvalue weighted by Gasteiger charge is 2.00. The van der Waals surface area contributed by atoms with Crippen LogP contribution in [0.5, 0.6) is 11.5 Å². The summed E-state index contributed by atoms with van der Waals surface area (Å²) in [6, 6.07) is 5.81. The lowest BCUT2D eigenvalue weighted by Crippen LogP contribution is -2.12. The van der Waals surface area contributed by atoms with Gasteiger partial charge in [0.05, 0.1) is 12.4 Å². The van der Waals surface area contributed by atoms with Gasteiger partial charge in [-0.1, -0.05) is 0 Å². The minimum atomic E-state index is -0.291. The molecule has 5 heteroatoms. The molecule has 0 radical (unpaired) electrons. The predicted molar refractivity (Wildman–Crippen MR) is 66.1 cm³/mol. The van der Waals surface area contributed by atoms with Gasteiger partial charge in [0.25, 0.3) is 0 Å². The van der Waals surface area contributed by atoms with E-state index in [-0.39, 0.29) is 5.82 Å². The monoisotopic (exact) mass is 247 g/mol.